The van der Waals surface area contributed by atoms with Gasteiger partial charge in [0, 0.05) is 22.7 Å². The molecule has 0 unspecified atom stereocenters. The standard InChI is InChI=1S/C20H16ClFN2O3/c1-26-18-7-4-13(21)10-16(18)20(25)24-9-8-15-17(11-24)23-27-19(15)12-2-5-14(22)6-3-12/h2-7,10H,8-9,11H2,1H3. The first-order valence-electron chi connectivity index (χ1n) is 8.43. The number of carbonyl (C=O) groups is 1. The molecule has 0 aliphatic carbocycles. The van der Waals surface area contributed by atoms with Gasteiger partial charge in [0.05, 0.1) is 19.2 Å². The molecule has 0 atom stereocenters. The van der Waals surface area contributed by atoms with Crippen LogP contribution in [0.3, 0.4) is 0 Å². The molecule has 138 valence electrons. The molecule has 0 radical (unpaired) electrons. The predicted octanol–water partition coefficient (Wildman–Crippen LogP) is 4.34. The summed E-state index contributed by atoms with van der Waals surface area (Å²) in [5.41, 5.74) is 2.83. The van der Waals surface area contributed by atoms with Crippen molar-refractivity contribution in [1.82, 2.24) is 10.1 Å². The Morgan fingerprint density at radius 2 is 2.04 bits per heavy atom. The Morgan fingerprint density at radius 1 is 1.26 bits per heavy atom. The molecule has 2 aromatic carbocycles. The van der Waals surface area contributed by atoms with Gasteiger partial charge in [-0.15, -0.1) is 0 Å². The minimum Gasteiger partial charge on any atom is -0.496 e. The zero-order chi connectivity index (χ0) is 19.0. The van der Waals surface area contributed by atoms with E-state index in [9.17, 15) is 9.18 Å². The van der Waals surface area contributed by atoms with Gasteiger partial charge in [0.15, 0.2) is 5.76 Å². The van der Waals surface area contributed by atoms with E-state index in [1.807, 2.05) is 0 Å². The molecule has 1 aliphatic rings. The maximum Gasteiger partial charge on any atom is 0.258 e. The van der Waals surface area contributed by atoms with Crippen LogP contribution in [-0.4, -0.2) is 29.6 Å². The van der Waals surface area contributed by atoms with Crippen molar-refractivity contribution < 1.29 is 18.4 Å². The molecule has 3 aromatic rings. The average molecular weight is 387 g/mol. The van der Waals surface area contributed by atoms with Gasteiger partial charge in [0.1, 0.15) is 17.3 Å². The molecule has 0 N–H and O–H groups in total. The highest BCUT2D eigenvalue weighted by Gasteiger charge is 2.29. The number of aromatic nitrogens is 1. The minimum atomic E-state index is -0.306. The lowest BCUT2D eigenvalue weighted by Crippen LogP contribution is -2.36. The van der Waals surface area contributed by atoms with Gasteiger partial charge >= 0.3 is 0 Å². The summed E-state index contributed by atoms with van der Waals surface area (Å²) in [6, 6.07) is 11.0. The van der Waals surface area contributed by atoms with E-state index in [2.05, 4.69) is 5.16 Å². The zero-order valence-corrected chi connectivity index (χ0v) is 15.3. The van der Waals surface area contributed by atoms with E-state index in [1.165, 1.54) is 19.2 Å². The van der Waals surface area contributed by atoms with Crippen molar-refractivity contribution in [1.29, 1.82) is 0 Å². The topological polar surface area (TPSA) is 55.6 Å². The Labute approximate surface area is 160 Å². The van der Waals surface area contributed by atoms with Gasteiger partial charge in [-0.2, -0.15) is 0 Å². The van der Waals surface area contributed by atoms with Gasteiger partial charge < -0.3 is 14.2 Å². The number of fused-ring (bicyclic) bond motifs is 1. The molecule has 0 saturated carbocycles. The number of nitrogens with zero attached hydrogens (tertiary/aromatic N) is 2. The maximum absolute atomic E-state index is 13.1. The van der Waals surface area contributed by atoms with E-state index in [4.69, 9.17) is 20.9 Å². The number of hydrogen-bond acceptors (Lipinski definition) is 4. The summed E-state index contributed by atoms with van der Waals surface area (Å²) >= 11 is 6.04. The summed E-state index contributed by atoms with van der Waals surface area (Å²) in [6.45, 7) is 0.839. The molecule has 1 aromatic heterocycles. The molecule has 0 spiro atoms. The van der Waals surface area contributed by atoms with Crippen molar-refractivity contribution in [3.05, 3.63) is 70.1 Å². The molecular weight excluding hydrogens is 371 g/mol. The first kappa shape index (κ1) is 17.5. The molecule has 1 amide bonds. The van der Waals surface area contributed by atoms with Crippen molar-refractivity contribution in [2.45, 2.75) is 13.0 Å². The molecule has 27 heavy (non-hydrogen) atoms. The second kappa shape index (κ2) is 7.04. The van der Waals surface area contributed by atoms with E-state index in [-0.39, 0.29) is 11.7 Å². The lowest BCUT2D eigenvalue weighted by Gasteiger charge is -2.26. The first-order valence-corrected chi connectivity index (χ1v) is 8.81. The molecule has 0 bridgehead atoms. The van der Waals surface area contributed by atoms with Crippen LogP contribution in [0.4, 0.5) is 4.39 Å². The molecule has 5 nitrogen and oxygen atoms in total. The monoisotopic (exact) mass is 386 g/mol. The van der Waals surface area contributed by atoms with Crippen LogP contribution in [0.5, 0.6) is 5.75 Å². The fraction of sp³-hybridized carbons (Fsp3) is 0.200. The molecule has 1 aliphatic heterocycles. The number of hydrogen-bond donors (Lipinski definition) is 0. The normalized spacial score (nSPS) is 13.4. The van der Waals surface area contributed by atoms with E-state index in [0.717, 1.165) is 11.1 Å². The Hall–Kier alpha value is -2.86. The molecule has 4 rings (SSSR count). The van der Waals surface area contributed by atoms with Crippen LogP contribution >= 0.6 is 11.6 Å². The van der Waals surface area contributed by atoms with Crippen LogP contribution in [0, 0.1) is 5.82 Å². The number of benzene rings is 2. The zero-order valence-electron chi connectivity index (χ0n) is 14.5. The van der Waals surface area contributed by atoms with E-state index in [1.54, 1.807) is 35.2 Å². The van der Waals surface area contributed by atoms with Gasteiger partial charge in [0.2, 0.25) is 0 Å². The number of carbonyl (C=O) groups excluding carboxylic acids is 1. The number of methoxy groups -OCH3 is 1. The van der Waals surface area contributed by atoms with Crippen molar-refractivity contribution in [2.24, 2.45) is 0 Å². The Kier molecular flexibility index (Phi) is 4.58. The summed E-state index contributed by atoms with van der Waals surface area (Å²) < 4.78 is 23.9. The Balaban J connectivity index is 1.60. The third kappa shape index (κ3) is 3.28. The van der Waals surface area contributed by atoms with Gasteiger partial charge in [-0.05, 0) is 48.9 Å². The second-order valence-electron chi connectivity index (χ2n) is 6.27. The highest BCUT2D eigenvalue weighted by Crippen LogP contribution is 2.32. The Morgan fingerprint density at radius 3 is 2.78 bits per heavy atom. The molecule has 7 heteroatoms. The van der Waals surface area contributed by atoms with Crippen molar-refractivity contribution >= 4 is 17.5 Å². The van der Waals surface area contributed by atoms with Crippen LogP contribution in [0.15, 0.2) is 47.0 Å². The quantitative estimate of drug-likeness (QED) is 0.671. The van der Waals surface area contributed by atoms with Crippen LogP contribution in [0.1, 0.15) is 21.6 Å². The second-order valence-corrected chi connectivity index (χ2v) is 6.70. The number of rotatable bonds is 3. The van der Waals surface area contributed by atoms with Crippen molar-refractivity contribution in [3.8, 4) is 17.1 Å². The average Bonchev–Trinajstić information content (AvgIpc) is 3.11. The van der Waals surface area contributed by atoms with Gasteiger partial charge in [-0.1, -0.05) is 16.8 Å². The maximum atomic E-state index is 13.1. The van der Waals surface area contributed by atoms with Crippen LogP contribution < -0.4 is 4.74 Å². The number of ether oxygens (including phenoxy) is 1. The van der Waals surface area contributed by atoms with Crippen molar-refractivity contribution in [2.75, 3.05) is 13.7 Å². The summed E-state index contributed by atoms with van der Waals surface area (Å²) in [4.78, 5) is 14.6. The lowest BCUT2D eigenvalue weighted by atomic mass is 10.00. The SMILES string of the molecule is COc1ccc(Cl)cc1C(=O)N1CCc2c(noc2-c2ccc(F)cc2)C1. The highest BCUT2D eigenvalue weighted by atomic mass is 35.5. The predicted molar refractivity (Wildman–Crippen MR) is 98.3 cm³/mol. The molecule has 0 fully saturated rings. The summed E-state index contributed by atoms with van der Waals surface area (Å²) in [7, 11) is 1.51. The van der Waals surface area contributed by atoms with Gasteiger partial charge in [-0.3, -0.25) is 4.79 Å². The van der Waals surface area contributed by atoms with Crippen molar-refractivity contribution in [3.63, 3.8) is 0 Å². The van der Waals surface area contributed by atoms with Gasteiger partial charge in [-0.25, -0.2) is 4.39 Å². The van der Waals surface area contributed by atoms with E-state index >= 15 is 0 Å². The summed E-state index contributed by atoms with van der Waals surface area (Å²) in [5.74, 6) is 0.616. The van der Waals surface area contributed by atoms with E-state index < -0.39 is 0 Å². The van der Waals surface area contributed by atoms with Gasteiger partial charge in [0.25, 0.3) is 5.91 Å². The first-order chi connectivity index (χ1) is 13.1. The lowest BCUT2D eigenvalue weighted by molar-refractivity contribution is 0.0728. The third-order valence-electron chi connectivity index (χ3n) is 4.63. The summed E-state index contributed by atoms with van der Waals surface area (Å²) in [5, 5.41) is 4.59. The minimum absolute atomic E-state index is 0.175. The highest BCUT2D eigenvalue weighted by molar-refractivity contribution is 6.31. The number of amides is 1. The fourth-order valence-electron chi connectivity index (χ4n) is 3.25. The largest absolute Gasteiger partial charge is 0.496 e. The Bertz CT molecular complexity index is 1000. The molecule has 0 saturated heterocycles. The van der Waals surface area contributed by atoms with E-state index in [0.29, 0.717) is 47.3 Å². The van der Waals surface area contributed by atoms with Crippen LogP contribution in [0.25, 0.3) is 11.3 Å². The van der Waals surface area contributed by atoms with Crippen LogP contribution in [0.2, 0.25) is 5.02 Å². The molecule has 2 heterocycles. The molecular formula is C20H16ClFN2O3. The smallest absolute Gasteiger partial charge is 0.258 e. The third-order valence-corrected chi connectivity index (χ3v) is 4.86. The van der Waals surface area contributed by atoms with Crippen LogP contribution in [-0.2, 0) is 13.0 Å². The fourth-order valence-corrected chi connectivity index (χ4v) is 3.42. The summed E-state index contributed by atoms with van der Waals surface area (Å²) in [6.07, 6.45) is 0.597. The number of halogens is 2.